The zero-order valence-electron chi connectivity index (χ0n) is 12.7. The topological polar surface area (TPSA) is 62.2 Å². The summed E-state index contributed by atoms with van der Waals surface area (Å²) in [4.78, 5) is 16.7. The second kappa shape index (κ2) is 7.03. The molecule has 0 unspecified atom stereocenters. The number of hydrogen-bond acceptors (Lipinski definition) is 3. The normalized spacial score (nSPS) is 10.7. The van der Waals surface area contributed by atoms with Crippen molar-refractivity contribution in [2.24, 2.45) is 0 Å². The number of carbonyl (C=O) groups excluding carboxylic acids is 1. The van der Waals surface area contributed by atoms with E-state index in [1.807, 2.05) is 48.5 Å². The number of aromatic nitrogens is 1. The molecule has 0 bridgehead atoms. The van der Waals surface area contributed by atoms with Crippen LogP contribution >= 0.6 is 0 Å². The minimum Gasteiger partial charge on any atom is -0.392 e. The highest BCUT2D eigenvalue weighted by Gasteiger charge is 2.14. The molecule has 0 aliphatic carbocycles. The number of carbonyl (C=O) groups is 1. The first-order valence-corrected chi connectivity index (χ1v) is 7.59. The lowest BCUT2D eigenvalue weighted by Gasteiger charge is -2.11. The Labute approximate surface area is 134 Å². The monoisotopic (exact) mass is 306 g/mol. The minimum absolute atomic E-state index is 0.183. The quantitative estimate of drug-likeness (QED) is 0.762. The predicted molar refractivity (Wildman–Crippen MR) is 90.1 cm³/mol. The molecule has 0 atom stereocenters. The first-order chi connectivity index (χ1) is 11.3. The summed E-state index contributed by atoms with van der Waals surface area (Å²) in [7, 11) is 0. The Balaban J connectivity index is 1.75. The molecule has 0 fully saturated rings. The summed E-state index contributed by atoms with van der Waals surface area (Å²) >= 11 is 0. The van der Waals surface area contributed by atoms with Gasteiger partial charge in [0.15, 0.2) is 0 Å². The van der Waals surface area contributed by atoms with Crippen molar-refractivity contribution in [3.05, 3.63) is 77.5 Å². The second-order valence-corrected chi connectivity index (χ2v) is 5.32. The summed E-state index contributed by atoms with van der Waals surface area (Å²) in [5.74, 6) is -0.183. The zero-order chi connectivity index (χ0) is 16.1. The molecule has 0 aliphatic heterocycles. The summed E-state index contributed by atoms with van der Waals surface area (Å²) in [6, 6.07) is 17.4. The number of aliphatic hydroxyl groups excluding tert-OH is 1. The van der Waals surface area contributed by atoms with Crippen LogP contribution in [-0.2, 0) is 13.0 Å². The fourth-order valence-corrected chi connectivity index (χ4v) is 2.64. The summed E-state index contributed by atoms with van der Waals surface area (Å²) < 4.78 is 0. The van der Waals surface area contributed by atoms with E-state index in [2.05, 4.69) is 10.3 Å². The number of benzene rings is 2. The van der Waals surface area contributed by atoms with Gasteiger partial charge in [0.25, 0.3) is 5.91 Å². The maximum absolute atomic E-state index is 12.4. The number of amides is 1. The summed E-state index contributed by atoms with van der Waals surface area (Å²) in [5, 5.41) is 13.5. The van der Waals surface area contributed by atoms with Crippen molar-refractivity contribution in [3.63, 3.8) is 0 Å². The van der Waals surface area contributed by atoms with Crippen LogP contribution in [0.4, 0.5) is 0 Å². The van der Waals surface area contributed by atoms with E-state index in [0.29, 0.717) is 23.2 Å². The van der Waals surface area contributed by atoms with Crippen LogP contribution in [0.3, 0.4) is 0 Å². The molecule has 4 heteroatoms. The Morgan fingerprint density at radius 2 is 1.87 bits per heavy atom. The number of nitrogens with zero attached hydrogens (tertiary/aromatic N) is 1. The van der Waals surface area contributed by atoms with Gasteiger partial charge < -0.3 is 10.4 Å². The standard InChI is InChI=1S/C19H18N2O2/c22-13-17-16(9-8-15-7-4-11-20-18(15)17)19(23)21-12-10-14-5-2-1-3-6-14/h1-9,11,22H,10,12-13H2,(H,21,23). The van der Waals surface area contributed by atoms with Gasteiger partial charge in [0.2, 0.25) is 0 Å². The van der Waals surface area contributed by atoms with Crippen molar-refractivity contribution in [2.45, 2.75) is 13.0 Å². The Bertz CT molecular complexity index is 816. The van der Waals surface area contributed by atoms with Crippen molar-refractivity contribution in [1.29, 1.82) is 0 Å². The van der Waals surface area contributed by atoms with Crippen LogP contribution in [0.15, 0.2) is 60.8 Å². The fraction of sp³-hybridized carbons (Fsp3) is 0.158. The van der Waals surface area contributed by atoms with Gasteiger partial charge in [-0.3, -0.25) is 9.78 Å². The number of rotatable bonds is 5. The van der Waals surface area contributed by atoms with E-state index in [9.17, 15) is 9.90 Å². The highest BCUT2D eigenvalue weighted by molar-refractivity contribution is 6.00. The van der Waals surface area contributed by atoms with Crippen LogP contribution in [0.25, 0.3) is 10.9 Å². The Kier molecular flexibility index (Phi) is 4.64. The van der Waals surface area contributed by atoms with Crippen LogP contribution in [0, 0.1) is 0 Å². The van der Waals surface area contributed by atoms with Gasteiger partial charge in [-0.15, -0.1) is 0 Å². The van der Waals surface area contributed by atoms with Crippen molar-refractivity contribution in [1.82, 2.24) is 10.3 Å². The first kappa shape index (κ1) is 15.2. The zero-order valence-corrected chi connectivity index (χ0v) is 12.7. The summed E-state index contributed by atoms with van der Waals surface area (Å²) in [6.07, 6.45) is 2.44. The second-order valence-electron chi connectivity index (χ2n) is 5.32. The van der Waals surface area contributed by atoms with Gasteiger partial charge in [0.05, 0.1) is 12.1 Å². The average Bonchev–Trinajstić information content (AvgIpc) is 2.61. The Morgan fingerprint density at radius 3 is 2.65 bits per heavy atom. The third kappa shape index (κ3) is 3.38. The van der Waals surface area contributed by atoms with Gasteiger partial charge in [0.1, 0.15) is 0 Å². The van der Waals surface area contributed by atoms with E-state index < -0.39 is 0 Å². The van der Waals surface area contributed by atoms with E-state index in [4.69, 9.17) is 0 Å². The smallest absolute Gasteiger partial charge is 0.251 e. The number of hydrogen-bond donors (Lipinski definition) is 2. The number of aliphatic hydroxyl groups is 1. The van der Waals surface area contributed by atoms with Gasteiger partial charge in [0, 0.05) is 29.3 Å². The average molecular weight is 306 g/mol. The molecule has 0 spiro atoms. The molecule has 3 aromatic rings. The number of fused-ring (bicyclic) bond motifs is 1. The van der Waals surface area contributed by atoms with Crippen molar-refractivity contribution < 1.29 is 9.90 Å². The van der Waals surface area contributed by atoms with Gasteiger partial charge in [-0.1, -0.05) is 42.5 Å². The van der Waals surface area contributed by atoms with Crippen molar-refractivity contribution in [2.75, 3.05) is 6.54 Å². The molecule has 2 aromatic carbocycles. The van der Waals surface area contributed by atoms with Gasteiger partial charge in [-0.05, 0) is 24.1 Å². The summed E-state index contributed by atoms with van der Waals surface area (Å²) in [5.41, 5.74) is 2.90. The number of pyridine rings is 1. The van der Waals surface area contributed by atoms with Crippen LogP contribution in [0.2, 0.25) is 0 Å². The molecule has 116 valence electrons. The molecule has 0 saturated heterocycles. The number of nitrogens with one attached hydrogen (secondary N) is 1. The SMILES string of the molecule is O=C(NCCc1ccccc1)c1ccc2cccnc2c1CO. The van der Waals surface area contributed by atoms with Gasteiger partial charge in [-0.2, -0.15) is 0 Å². The van der Waals surface area contributed by atoms with E-state index in [1.54, 1.807) is 12.3 Å². The largest absolute Gasteiger partial charge is 0.392 e. The van der Waals surface area contributed by atoms with E-state index in [1.165, 1.54) is 5.56 Å². The Hall–Kier alpha value is -2.72. The van der Waals surface area contributed by atoms with Crippen molar-refractivity contribution >= 4 is 16.8 Å². The molecule has 1 amide bonds. The summed E-state index contributed by atoms with van der Waals surface area (Å²) in [6.45, 7) is 0.337. The van der Waals surface area contributed by atoms with Crippen LogP contribution in [0.5, 0.6) is 0 Å². The third-order valence-electron chi connectivity index (χ3n) is 3.82. The van der Waals surface area contributed by atoms with Gasteiger partial charge in [-0.25, -0.2) is 0 Å². The highest BCUT2D eigenvalue weighted by atomic mass is 16.3. The maximum atomic E-state index is 12.4. The third-order valence-corrected chi connectivity index (χ3v) is 3.82. The molecule has 0 radical (unpaired) electrons. The molecule has 2 N–H and O–H groups in total. The lowest BCUT2D eigenvalue weighted by Crippen LogP contribution is -2.26. The van der Waals surface area contributed by atoms with E-state index >= 15 is 0 Å². The molecule has 3 rings (SSSR count). The Morgan fingerprint density at radius 1 is 1.04 bits per heavy atom. The van der Waals surface area contributed by atoms with Crippen LogP contribution in [0.1, 0.15) is 21.5 Å². The lowest BCUT2D eigenvalue weighted by molar-refractivity contribution is 0.0951. The van der Waals surface area contributed by atoms with Gasteiger partial charge >= 0.3 is 0 Å². The molecule has 23 heavy (non-hydrogen) atoms. The van der Waals surface area contributed by atoms with Crippen molar-refractivity contribution in [3.8, 4) is 0 Å². The maximum Gasteiger partial charge on any atom is 0.251 e. The fourth-order valence-electron chi connectivity index (χ4n) is 2.64. The van der Waals surface area contributed by atoms with E-state index in [-0.39, 0.29) is 12.5 Å². The molecule has 0 aliphatic rings. The molecule has 1 aromatic heterocycles. The molecular formula is C19H18N2O2. The lowest BCUT2D eigenvalue weighted by atomic mass is 10.0. The molecular weight excluding hydrogens is 288 g/mol. The minimum atomic E-state index is -0.213. The van der Waals surface area contributed by atoms with E-state index in [0.717, 1.165) is 11.8 Å². The molecule has 1 heterocycles. The van der Waals surface area contributed by atoms with Crippen LogP contribution in [-0.4, -0.2) is 22.5 Å². The molecule has 0 saturated carbocycles. The molecule has 4 nitrogen and oxygen atoms in total. The highest BCUT2D eigenvalue weighted by Crippen LogP contribution is 2.20. The first-order valence-electron chi connectivity index (χ1n) is 7.59. The van der Waals surface area contributed by atoms with Crippen LogP contribution < -0.4 is 5.32 Å². The predicted octanol–water partition coefficient (Wildman–Crippen LogP) is 2.70.